The van der Waals surface area contributed by atoms with Gasteiger partial charge in [-0.1, -0.05) is 39.7 Å². The first kappa shape index (κ1) is 21.8. The Morgan fingerprint density at radius 1 is 1.29 bits per heavy atom. The summed E-state index contributed by atoms with van der Waals surface area (Å²) in [5.74, 6) is 1.84. The number of nitrogens with one attached hydrogen (secondary N) is 1. The highest BCUT2D eigenvalue weighted by molar-refractivity contribution is 6.01. The lowest BCUT2D eigenvalue weighted by molar-refractivity contribution is -0.118. The summed E-state index contributed by atoms with van der Waals surface area (Å²) in [5, 5.41) is 12.5. The van der Waals surface area contributed by atoms with Crippen LogP contribution >= 0.6 is 0 Å². The third-order valence-electron chi connectivity index (χ3n) is 4.94. The van der Waals surface area contributed by atoms with Gasteiger partial charge in [-0.3, -0.25) is 4.79 Å². The zero-order chi connectivity index (χ0) is 20.5. The number of carbonyl (C=O) groups is 1. The summed E-state index contributed by atoms with van der Waals surface area (Å²) < 4.78 is 11.5. The zero-order valence-electron chi connectivity index (χ0n) is 17.5. The van der Waals surface area contributed by atoms with Crippen molar-refractivity contribution in [3.63, 3.8) is 0 Å². The number of hydrogen-bond donors (Lipinski definition) is 1. The Morgan fingerprint density at radius 3 is 2.68 bits per heavy atom. The molecule has 1 aliphatic carbocycles. The number of nitrogens with zero attached hydrogens (tertiary/aromatic N) is 1. The monoisotopic (exact) mass is 384 g/mol. The van der Waals surface area contributed by atoms with E-state index < -0.39 is 0 Å². The molecule has 5 heteroatoms. The number of carbonyl (C=O) groups excluding carboxylic acids is 1. The second-order valence-corrected chi connectivity index (χ2v) is 7.86. The van der Waals surface area contributed by atoms with Crippen molar-refractivity contribution in [2.75, 3.05) is 13.2 Å². The van der Waals surface area contributed by atoms with Crippen LogP contribution in [0.4, 0.5) is 0 Å². The molecule has 1 aromatic rings. The minimum atomic E-state index is -0.306. The summed E-state index contributed by atoms with van der Waals surface area (Å²) in [5.41, 5.74) is 0.847. The van der Waals surface area contributed by atoms with Crippen LogP contribution < -0.4 is 14.8 Å². The van der Waals surface area contributed by atoms with Gasteiger partial charge in [0.2, 0.25) is 0 Å². The van der Waals surface area contributed by atoms with Gasteiger partial charge in [-0.05, 0) is 55.4 Å². The quantitative estimate of drug-likeness (QED) is 0.520. The second-order valence-electron chi connectivity index (χ2n) is 7.86. The van der Waals surface area contributed by atoms with E-state index in [1.165, 1.54) is 6.42 Å². The summed E-state index contributed by atoms with van der Waals surface area (Å²) in [6.07, 6.45) is 6.03. The van der Waals surface area contributed by atoms with E-state index in [0.717, 1.165) is 24.8 Å². The first-order chi connectivity index (χ1) is 13.4. The van der Waals surface area contributed by atoms with E-state index in [1.807, 2.05) is 31.2 Å². The molecule has 0 aliphatic heterocycles. The fraction of sp³-hybridized carbons (Fsp3) is 0.565. The van der Waals surface area contributed by atoms with Crippen molar-refractivity contribution in [3.05, 3.63) is 29.3 Å². The molecule has 0 saturated heterocycles. The van der Waals surface area contributed by atoms with Gasteiger partial charge in [-0.15, -0.1) is 0 Å². The molecule has 0 spiro atoms. The first-order valence-electron chi connectivity index (χ1n) is 10.3. The van der Waals surface area contributed by atoms with E-state index in [9.17, 15) is 10.1 Å². The normalized spacial score (nSPS) is 19.8. The molecule has 1 fully saturated rings. The molecule has 1 aliphatic rings. The highest BCUT2D eigenvalue weighted by Crippen LogP contribution is 2.30. The average molecular weight is 385 g/mol. The maximum absolute atomic E-state index is 12.6. The predicted octanol–water partition coefficient (Wildman–Crippen LogP) is 4.72. The van der Waals surface area contributed by atoms with Crippen molar-refractivity contribution >= 4 is 12.0 Å². The molecule has 5 nitrogen and oxygen atoms in total. The molecule has 0 aromatic heterocycles. The molecule has 2 atom stereocenters. The van der Waals surface area contributed by atoms with E-state index in [2.05, 4.69) is 26.1 Å². The molecule has 152 valence electrons. The van der Waals surface area contributed by atoms with Crippen molar-refractivity contribution in [1.82, 2.24) is 5.32 Å². The molecule has 1 aromatic carbocycles. The van der Waals surface area contributed by atoms with Crippen LogP contribution in [0.2, 0.25) is 0 Å². The summed E-state index contributed by atoms with van der Waals surface area (Å²) in [7, 11) is 0. The summed E-state index contributed by atoms with van der Waals surface area (Å²) in [6, 6.07) is 7.66. The van der Waals surface area contributed by atoms with Gasteiger partial charge in [0.15, 0.2) is 11.5 Å². The Hall–Kier alpha value is -2.48. The van der Waals surface area contributed by atoms with E-state index in [-0.39, 0.29) is 17.5 Å². The Labute approximate surface area is 168 Å². The lowest BCUT2D eigenvalue weighted by Crippen LogP contribution is -2.41. The van der Waals surface area contributed by atoms with Gasteiger partial charge in [0.25, 0.3) is 5.91 Å². The molecule has 0 heterocycles. The topological polar surface area (TPSA) is 71.3 Å². The predicted molar refractivity (Wildman–Crippen MR) is 111 cm³/mol. The van der Waals surface area contributed by atoms with Crippen LogP contribution in [-0.4, -0.2) is 25.2 Å². The molecular formula is C23H32N2O3. The van der Waals surface area contributed by atoms with Crippen molar-refractivity contribution in [1.29, 1.82) is 5.26 Å². The summed E-state index contributed by atoms with van der Waals surface area (Å²) in [6.45, 7) is 9.35. The van der Waals surface area contributed by atoms with E-state index in [4.69, 9.17) is 9.47 Å². The highest BCUT2D eigenvalue weighted by atomic mass is 16.5. The third-order valence-corrected chi connectivity index (χ3v) is 4.94. The fourth-order valence-electron chi connectivity index (χ4n) is 3.35. The van der Waals surface area contributed by atoms with Gasteiger partial charge < -0.3 is 14.8 Å². The average Bonchev–Trinajstić information content (AvgIpc) is 2.67. The number of hydrogen-bond acceptors (Lipinski definition) is 4. The number of ether oxygens (including phenoxy) is 2. The molecule has 0 bridgehead atoms. The van der Waals surface area contributed by atoms with Crippen molar-refractivity contribution in [2.45, 2.75) is 59.4 Å². The summed E-state index contributed by atoms with van der Waals surface area (Å²) >= 11 is 0. The van der Waals surface area contributed by atoms with E-state index in [1.54, 1.807) is 6.08 Å². The Bertz CT molecular complexity index is 734. The van der Waals surface area contributed by atoms with Gasteiger partial charge in [0.1, 0.15) is 11.6 Å². The van der Waals surface area contributed by atoms with Crippen LogP contribution in [0.5, 0.6) is 11.5 Å². The van der Waals surface area contributed by atoms with Crippen molar-refractivity contribution in [2.24, 2.45) is 11.8 Å². The second kappa shape index (κ2) is 10.8. The zero-order valence-corrected chi connectivity index (χ0v) is 17.5. The minimum Gasteiger partial charge on any atom is -0.490 e. The maximum Gasteiger partial charge on any atom is 0.262 e. The molecule has 0 unspecified atom stereocenters. The number of benzene rings is 1. The van der Waals surface area contributed by atoms with Gasteiger partial charge in [-0.25, -0.2) is 0 Å². The molecule has 1 amide bonds. The van der Waals surface area contributed by atoms with Gasteiger partial charge in [0, 0.05) is 6.04 Å². The molecule has 0 radical (unpaired) electrons. The Morgan fingerprint density at radius 2 is 2.04 bits per heavy atom. The van der Waals surface area contributed by atoms with E-state index in [0.29, 0.717) is 36.5 Å². The smallest absolute Gasteiger partial charge is 0.262 e. The minimum absolute atomic E-state index is 0.107. The molecular weight excluding hydrogens is 352 g/mol. The van der Waals surface area contributed by atoms with Crippen molar-refractivity contribution in [3.8, 4) is 17.6 Å². The maximum atomic E-state index is 12.6. The lowest BCUT2D eigenvalue weighted by atomic mass is 9.86. The molecule has 2 rings (SSSR count). The van der Waals surface area contributed by atoms with Crippen LogP contribution in [0, 0.1) is 23.2 Å². The van der Waals surface area contributed by atoms with Gasteiger partial charge >= 0.3 is 0 Å². The largest absolute Gasteiger partial charge is 0.490 e. The molecule has 1 N–H and O–H groups in total. The number of nitriles is 1. The van der Waals surface area contributed by atoms with Gasteiger partial charge in [-0.2, -0.15) is 5.26 Å². The van der Waals surface area contributed by atoms with Crippen LogP contribution in [0.15, 0.2) is 23.8 Å². The Kier molecular flexibility index (Phi) is 8.38. The number of amides is 1. The SMILES string of the molecule is CCOc1cc(/C=C(\C#N)C(=O)N[C@@H]2CCCC[C@H]2C)ccc1OCC(C)C. The van der Waals surface area contributed by atoms with Crippen LogP contribution in [-0.2, 0) is 4.79 Å². The number of rotatable bonds is 8. The van der Waals surface area contributed by atoms with Crippen molar-refractivity contribution < 1.29 is 14.3 Å². The van der Waals surface area contributed by atoms with Gasteiger partial charge in [0.05, 0.1) is 13.2 Å². The third kappa shape index (κ3) is 6.30. The molecule has 28 heavy (non-hydrogen) atoms. The van der Waals surface area contributed by atoms with E-state index >= 15 is 0 Å². The first-order valence-corrected chi connectivity index (χ1v) is 10.3. The van der Waals surface area contributed by atoms with Crippen LogP contribution in [0.3, 0.4) is 0 Å². The molecule has 1 saturated carbocycles. The fourth-order valence-corrected chi connectivity index (χ4v) is 3.35. The standard InChI is InChI=1S/C23H32N2O3/c1-5-27-22-13-18(10-11-21(22)28-15-16(2)3)12-19(14-24)23(26)25-20-9-7-6-8-17(20)4/h10-13,16-17,20H,5-9,15H2,1-4H3,(H,25,26)/b19-12+/t17-,20-/m1/s1. The summed E-state index contributed by atoms with van der Waals surface area (Å²) in [4.78, 5) is 12.6. The lowest BCUT2D eigenvalue weighted by Gasteiger charge is -2.29. The Balaban J connectivity index is 2.16. The van der Waals surface area contributed by atoms with Crippen LogP contribution in [0.1, 0.15) is 58.9 Å². The van der Waals surface area contributed by atoms with Crippen LogP contribution in [0.25, 0.3) is 6.08 Å². The highest BCUT2D eigenvalue weighted by Gasteiger charge is 2.24.